The molecule has 0 radical (unpaired) electrons. The highest BCUT2D eigenvalue weighted by atomic mass is 32.1. The van der Waals surface area contributed by atoms with Crippen LogP contribution in [0.15, 0.2) is 36.5 Å². The molecule has 0 spiro atoms. The number of aryl methyl sites for hydroxylation is 1. The van der Waals surface area contributed by atoms with Crippen molar-refractivity contribution >= 4 is 28.1 Å². The molecule has 1 unspecified atom stereocenters. The van der Waals surface area contributed by atoms with E-state index in [2.05, 4.69) is 9.97 Å². The fraction of sp³-hybridized carbons (Fsp3) is 0.188. The van der Waals surface area contributed by atoms with Crippen molar-refractivity contribution in [2.75, 3.05) is 0 Å². The van der Waals surface area contributed by atoms with Crippen LogP contribution < -0.4 is 0 Å². The highest BCUT2D eigenvalue weighted by Crippen LogP contribution is 2.40. The SMILES string of the molecule is O=C(O)C1CCc2sc(-c3nccc4ccccc34)nc21. The Labute approximate surface area is 125 Å². The molecule has 0 bridgehead atoms. The number of thiazole rings is 1. The molecule has 2 heterocycles. The van der Waals surface area contributed by atoms with Gasteiger partial charge < -0.3 is 5.11 Å². The Morgan fingerprint density at radius 3 is 3.00 bits per heavy atom. The topological polar surface area (TPSA) is 63.1 Å². The quantitative estimate of drug-likeness (QED) is 0.786. The first kappa shape index (κ1) is 12.5. The minimum Gasteiger partial charge on any atom is -0.481 e. The lowest BCUT2D eigenvalue weighted by molar-refractivity contribution is -0.138. The summed E-state index contributed by atoms with van der Waals surface area (Å²) < 4.78 is 0. The van der Waals surface area contributed by atoms with Crippen LogP contribution in [0.25, 0.3) is 21.5 Å². The molecule has 3 aromatic rings. The largest absolute Gasteiger partial charge is 0.481 e. The fourth-order valence-corrected chi connectivity index (χ4v) is 4.01. The van der Waals surface area contributed by atoms with E-state index in [1.54, 1.807) is 17.5 Å². The number of carboxylic acids is 1. The van der Waals surface area contributed by atoms with Crippen LogP contribution in [0.5, 0.6) is 0 Å². The first-order valence-corrected chi connectivity index (χ1v) is 7.62. The zero-order valence-electron chi connectivity index (χ0n) is 11.1. The number of carboxylic acid groups (broad SMARTS) is 1. The second-order valence-corrected chi connectivity index (χ2v) is 6.22. The van der Waals surface area contributed by atoms with Crippen LogP contribution in [-0.2, 0) is 11.2 Å². The van der Waals surface area contributed by atoms with Gasteiger partial charge in [0.25, 0.3) is 0 Å². The normalized spacial score (nSPS) is 17.0. The molecule has 1 aliphatic carbocycles. The van der Waals surface area contributed by atoms with Gasteiger partial charge in [0.05, 0.1) is 5.69 Å². The molecule has 1 aliphatic rings. The Morgan fingerprint density at radius 1 is 1.29 bits per heavy atom. The van der Waals surface area contributed by atoms with E-state index in [1.807, 2.05) is 30.3 Å². The van der Waals surface area contributed by atoms with Crippen molar-refractivity contribution in [1.82, 2.24) is 9.97 Å². The van der Waals surface area contributed by atoms with E-state index in [4.69, 9.17) is 0 Å². The van der Waals surface area contributed by atoms with Gasteiger partial charge in [-0.3, -0.25) is 9.78 Å². The molecule has 0 aliphatic heterocycles. The number of benzene rings is 1. The smallest absolute Gasteiger partial charge is 0.312 e. The number of nitrogens with zero attached hydrogens (tertiary/aromatic N) is 2. The molecule has 2 aromatic heterocycles. The zero-order valence-corrected chi connectivity index (χ0v) is 11.9. The summed E-state index contributed by atoms with van der Waals surface area (Å²) in [6.45, 7) is 0. The van der Waals surface area contributed by atoms with Crippen LogP contribution in [0, 0.1) is 0 Å². The first-order chi connectivity index (χ1) is 10.2. The fourth-order valence-electron chi connectivity index (χ4n) is 2.86. The molecule has 21 heavy (non-hydrogen) atoms. The summed E-state index contributed by atoms with van der Waals surface area (Å²) in [4.78, 5) is 21.4. The number of aliphatic carboxylic acids is 1. The van der Waals surface area contributed by atoms with Crippen LogP contribution in [0.1, 0.15) is 22.9 Å². The Hall–Kier alpha value is -2.27. The second-order valence-electron chi connectivity index (χ2n) is 5.14. The number of rotatable bonds is 2. The molecule has 0 saturated carbocycles. The summed E-state index contributed by atoms with van der Waals surface area (Å²) in [6, 6.07) is 10.0. The van der Waals surface area contributed by atoms with E-state index < -0.39 is 11.9 Å². The molecule has 4 rings (SSSR count). The number of fused-ring (bicyclic) bond motifs is 2. The van der Waals surface area contributed by atoms with E-state index in [9.17, 15) is 9.90 Å². The van der Waals surface area contributed by atoms with Crippen molar-refractivity contribution in [3.8, 4) is 10.7 Å². The third-order valence-corrected chi connectivity index (χ3v) is 5.03. The van der Waals surface area contributed by atoms with E-state index in [0.717, 1.165) is 38.5 Å². The van der Waals surface area contributed by atoms with Crippen LogP contribution in [0.3, 0.4) is 0 Å². The van der Waals surface area contributed by atoms with Crippen molar-refractivity contribution in [3.05, 3.63) is 47.1 Å². The summed E-state index contributed by atoms with van der Waals surface area (Å²) in [7, 11) is 0. The first-order valence-electron chi connectivity index (χ1n) is 6.80. The Morgan fingerprint density at radius 2 is 2.14 bits per heavy atom. The van der Waals surface area contributed by atoms with E-state index in [-0.39, 0.29) is 0 Å². The average Bonchev–Trinajstić information content (AvgIpc) is 3.06. The molecular weight excluding hydrogens is 284 g/mol. The Balaban J connectivity index is 1.88. The molecule has 104 valence electrons. The van der Waals surface area contributed by atoms with Crippen LogP contribution in [0.4, 0.5) is 0 Å². The third-order valence-electron chi connectivity index (χ3n) is 3.89. The lowest BCUT2D eigenvalue weighted by Gasteiger charge is -2.04. The maximum atomic E-state index is 11.3. The number of hydrogen-bond donors (Lipinski definition) is 1. The average molecular weight is 296 g/mol. The zero-order chi connectivity index (χ0) is 14.4. The highest BCUT2D eigenvalue weighted by Gasteiger charge is 2.32. The monoisotopic (exact) mass is 296 g/mol. The third kappa shape index (κ3) is 1.93. The maximum absolute atomic E-state index is 11.3. The minimum atomic E-state index is -0.781. The number of aromatic nitrogens is 2. The summed E-state index contributed by atoms with van der Waals surface area (Å²) >= 11 is 1.57. The summed E-state index contributed by atoms with van der Waals surface area (Å²) in [5, 5.41) is 12.3. The van der Waals surface area contributed by atoms with Gasteiger partial charge in [-0.05, 0) is 24.3 Å². The predicted molar refractivity (Wildman–Crippen MR) is 81.5 cm³/mol. The summed E-state index contributed by atoms with van der Waals surface area (Å²) in [5.74, 6) is -1.24. The van der Waals surface area contributed by atoms with E-state index >= 15 is 0 Å². The minimum absolute atomic E-state index is 0.458. The lowest BCUT2D eigenvalue weighted by Crippen LogP contribution is -2.08. The Kier molecular flexibility index (Phi) is 2.75. The second kappa shape index (κ2) is 4.63. The van der Waals surface area contributed by atoms with Crippen molar-refractivity contribution in [2.24, 2.45) is 0 Å². The number of pyridine rings is 1. The van der Waals surface area contributed by atoms with Crippen LogP contribution in [0.2, 0.25) is 0 Å². The van der Waals surface area contributed by atoms with Crippen LogP contribution >= 0.6 is 11.3 Å². The van der Waals surface area contributed by atoms with E-state index in [1.165, 1.54) is 0 Å². The number of carbonyl (C=O) groups is 1. The molecule has 0 fully saturated rings. The van der Waals surface area contributed by atoms with Gasteiger partial charge in [0, 0.05) is 16.5 Å². The van der Waals surface area contributed by atoms with Gasteiger partial charge in [-0.25, -0.2) is 4.98 Å². The highest BCUT2D eigenvalue weighted by molar-refractivity contribution is 7.15. The van der Waals surface area contributed by atoms with Crippen molar-refractivity contribution in [2.45, 2.75) is 18.8 Å². The number of hydrogen-bond acceptors (Lipinski definition) is 4. The molecule has 4 nitrogen and oxygen atoms in total. The van der Waals surface area contributed by atoms with Gasteiger partial charge in [-0.15, -0.1) is 11.3 Å². The molecule has 1 atom stereocenters. The van der Waals surface area contributed by atoms with Crippen molar-refractivity contribution in [3.63, 3.8) is 0 Å². The lowest BCUT2D eigenvalue weighted by atomic mass is 10.1. The molecule has 5 heteroatoms. The summed E-state index contributed by atoms with van der Waals surface area (Å²) in [6.07, 6.45) is 3.24. The van der Waals surface area contributed by atoms with E-state index in [0.29, 0.717) is 6.42 Å². The predicted octanol–water partition coefficient (Wildman–Crippen LogP) is 3.47. The maximum Gasteiger partial charge on any atom is 0.312 e. The molecule has 1 N–H and O–H groups in total. The molecule has 0 amide bonds. The van der Waals surface area contributed by atoms with Crippen molar-refractivity contribution in [1.29, 1.82) is 0 Å². The standard InChI is InChI=1S/C16H12N2O2S/c19-16(20)11-5-6-12-13(11)18-15(21-12)14-10-4-2-1-3-9(10)7-8-17-14/h1-4,7-8,11H,5-6H2,(H,19,20). The Bertz CT molecular complexity index is 851. The van der Waals surface area contributed by atoms with Gasteiger partial charge in [0.2, 0.25) is 0 Å². The van der Waals surface area contributed by atoms with Gasteiger partial charge >= 0.3 is 5.97 Å². The van der Waals surface area contributed by atoms with Gasteiger partial charge in [-0.1, -0.05) is 24.3 Å². The van der Waals surface area contributed by atoms with Crippen molar-refractivity contribution < 1.29 is 9.90 Å². The molecule has 1 aromatic carbocycles. The summed E-state index contributed by atoms with van der Waals surface area (Å²) in [5.41, 5.74) is 1.58. The van der Waals surface area contributed by atoms with Crippen LogP contribution in [-0.4, -0.2) is 21.0 Å². The van der Waals surface area contributed by atoms with Gasteiger partial charge in [-0.2, -0.15) is 0 Å². The van der Waals surface area contributed by atoms with Gasteiger partial charge in [0.1, 0.15) is 16.6 Å². The molecule has 0 saturated heterocycles. The van der Waals surface area contributed by atoms with Gasteiger partial charge in [0.15, 0.2) is 0 Å². The molecular formula is C16H12N2O2S.